The number of hydrogen-bond donors (Lipinski definition) is 1. The normalized spacial score (nSPS) is 10.0. The van der Waals surface area contributed by atoms with E-state index in [9.17, 15) is 10.1 Å². The van der Waals surface area contributed by atoms with Crippen LogP contribution in [0.4, 0.5) is 11.4 Å². The maximum atomic E-state index is 10.4. The summed E-state index contributed by atoms with van der Waals surface area (Å²) in [6, 6.07) is 13.1. The summed E-state index contributed by atoms with van der Waals surface area (Å²) >= 11 is 0. The van der Waals surface area contributed by atoms with Crippen LogP contribution in [0.25, 0.3) is 11.4 Å². The van der Waals surface area contributed by atoms with Gasteiger partial charge in [-0.3, -0.25) is 10.1 Å². The van der Waals surface area contributed by atoms with Crippen molar-refractivity contribution in [3.63, 3.8) is 0 Å². The van der Waals surface area contributed by atoms with Crippen molar-refractivity contribution < 1.29 is 4.92 Å². The lowest BCUT2D eigenvalue weighted by molar-refractivity contribution is -0.384. The highest BCUT2D eigenvalue weighted by molar-refractivity contribution is 5.44. The summed E-state index contributed by atoms with van der Waals surface area (Å²) in [5.41, 5.74) is 7.75. The Kier molecular flexibility index (Phi) is 4.84. The van der Waals surface area contributed by atoms with Crippen molar-refractivity contribution >= 4 is 11.4 Å². The largest absolute Gasteiger partial charge is 0.399 e. The SMILES string of the molecule is Nc1ccc(-n2ncnn2)cc1.O=[N+]([O-])c1ccc(-n2ncnn2)cc1. The summed E-state index contributed by atoms with van der Waals surface area (Å²) in [5.74, 6) is 0. The molecule has 0 fully saturated rings. The summed E-state index contributed by atoms with van der Waals surface area (Å²) in [7, 11) is 0. The Balaban J connectivity index is 0.000000152. The van der Waals surface area contributed by atoms with Crippen LogP contribution in [-0.4, -0.2) is 45.3 Å². The summed E-state index contributed by atoms with van der Waals surface area (Å²) in [6.45, 7) is 0. The fourth-order valence-corrected chi connectivity index (χ4v) is 1.89. The molecule has 12 nitrogen and oxygen atoms in total. The number of aromatic nitrogens is 8. The molecule has 0 amide bonds. The predicted octanol–water partition coefficient (Wildman–Crippen LogP) is 0.815. The molecular formula is C14H12N10O2. The lowest BCUT2D eigenvalue weighted by Gasteiger charge is -1.97. The number of nitrogens with two attached hydrogens (primary N) is 1. The molecule has 0 bridgehead atoms. The zero-order valence-corrected chi connectivity index (χ0v) is 13.2. The molecule has 0 aliphatic carbocycles. The van der Waals surface area contributed by atoms with Gasteiger partial charge in [-0.15, -0.1) is 30.0 Å². The molecule has 2 aromatic carbocycles. The van der Waals surface area contributed by atoms with Crippen LogP contribution in [0.3, 0.4) is 0 Å². The molecule has 2 N–H and O–H groups in total. The van der Waals surface area contributed by atoms with E-state index < -0.39 is 4.92 Å². The second-order valence-electron chi connectivity index (χ2n) is 4.82. The van der Waals surface area contributed by atoms with Crippen LogP contribution in [-0.2, 0) is 0 Å². The van der Waals surface area contributed by atoms with Crippen LogP contribution in [0.2, 0.25) is 0 Å². The highest BCUT2D eigenvalue weighted by Crippen LogP contribution is 2.13. The number of nitro benzene ring substituents is 1. The number of nitrogens with zero attached hydrogens (tertiary/aromatic N) is 9. The molecule has 2 aromatic heterocycles. The minimum atomic E-state index is -0.460. The number of non-ortho nitro benzene ring substituents is 1. The van der Waals surface area contributed by atoms with E-state index in [0.717, 1.165) is 11.4 Å². The molecule has 12 heteroatoms. The minimum Gasteiger partial charge on any atom is -0.399 e. The quantitative estimate of drug-likeness (QED) is 0.320. The number of hydrogen-bond acceptors (Lipinski definition) is 9. The van der Waals surface area contributed by atoms with E-state index in [4.69, 9.17) is 5.73 Å². The van der Waals surface area contributed by atoms with E-state index in [1.54, 1.807) is 24.3 Å². The Labute approximate surface area is 146 Å². The Morgan fingerprint density at radius 1 is 0.808 bits per heavy atom. The van der Waals surface area contributed by atoms with E-state index >= 15 is 0 Å². The maximum absolute atomic E-state index is 10.4. The highest BCUT2D eigenvalue weighted by Gasteiger charge is 2.05. The number of nitro groups is 1. The molecule has 0 radical (unpaired) electrons. The number of tetrazole rings is 2. The fraction of sp³-hybridized carbons (Fsp3) is 0. The van der Waals surface area contributed by atoms with Gasteiger partial charge in [0.1, 0.15) is 0 Å². The van der Waals surface area contributed by atoms with Gasteiger partial charge in [0.2, 0.25) is 0 Å². The minimum absolute atomic E-state index is 0.0360. The molecule has 0 saturated heterocycles. The summed E-state index contributed by atoms with van der Waals surface area (Å²) in [4.78, 5) is 12.6. The Bertz CT molecular complexity index is 950. The monoisotopic (exact) mass is 352 g/mol. The van der Waals surface area contributed by atoms with Crippen molar-refractivity contribution in [1.29, 1.82) is 0 Å². The van der Waals surface area contributed by atoms with E-state index in [1.807, 2.05) is 12.1 Å². The van der Waals surface area contributed by atoms with Gasteiger partial charge in [-0.05, 0) is 46.8 Å². The number of anilines is 1. The first-order valence-electron chi connectivity index (χ1n) is 7.20. The number of nitrogen functional groups attached to an aromatic ring is 1. The van der Waals surface area contributed by atoms with Crippen molar-refractivity contribution in [2.45, 2.75) is 0 Å². The van der Waals surface area contributed by atoms with Crippen molar-refractivity contribution in [1.82, 2.24) is 40.4 Å². The van der Waals surface area contributed by atoms with Gasteiger partial charge in [-0.2, -0.15) is 0 Å². The van der Waals surface area contributed by atoms with Crippen LogP contribution >= 0.6 is 0 Å². The average Bonchev–Trinajstić information content (AvgIpc) is 3.37. The summed E-state index contributed by atoms with van der Waals surface area (Å²) < 4.78 is 0. The molecular weight excluding hydrogens is 340 g/mol. The van der Waals surface area contributed by atoms with E-state index in [-0.39, 0.29) is 5.69 Å². The van der Waals surface area contributed by atoms with E-state index in [2.05, 4.69) is 30.8 Å². The summed E-state index contributed by atoms with van der Waals surface area (Å²) in [5, 5.41) is 32.5. The molecule has 0 saturated carbocycles. The molecule has 0 unspecified atom stereocenters. The van der Waals surface area contributed by atoms with Crippen molar-refractivity contribution in [3.8, 4) is 11.4 Å². The first-order valence-corrected chi connectivity index (χ1v) is 7.20. The van der Waals surface area contributed by atoms with Gasteiger partial charge in [0.25, 0.3) is 5.69 Å². The fourth-order valence-electron chi connectivity index (χ4n) is 1.89. The maximum Gasteiger partial charge on any atom is 0.269 e. The van der Waals surface area contributed by atoms with Gasteiger partial charge < -0.3 is 5.73 Å². The molecule has 4 aromatic rings. The zero-order chi connectivity index (χ0) is 18.4. The highest BCUT2D eigenvalue weighted by atomic mass is 16.6. The molecule has 26 heavy (non-hydrogen) atoms. The first kappa shape index (κ1) is 16.6. The second-order valence-corrected chi connectivity index (χ2v) is 4.82. The molecule has 130 valence electrons. The standard InChI is InChI=1S/C7H5N5O2.C7H7N5/c13-12(14)7-3-1-6(2-4-7)11-9-5-8-10-11;8-6-1-3-7(4-2-6)12-10-5-9-11-12/h1-5H;1-5H,8H2. The van der Waals surface area contributed by atoms with E-state index in [0.29, 0.717) is 5.69 Å². The molecule has 0 aliphatic heterocycles. The van der Waals surface area contributed by atoms with Gasteiger partial charge in [-0.25, -0.2) is 0 Å². The smallest absolute Gasteiger partial charge is 0.269 e. The van der Waals surface area contributed by atoms with Crippen LogP contribution in [0, 0.1) is 10.1 Å². The Morgan fingerprint density at radius 3 is 1.65 bits per heavy atom. The molecule has 2 heterocycles. The van der Waals surface area contributed by atoms with Crippen molar-refractivity contribution in [3.05, 3.63) is 71.3 Å². The lowest BCUT2D eigenvalue weighted by atomic mass is 10.3. The molecule has 0 atom stereocenters. The van der Waals surface area contributed by atoms with Crippen LogP contribution in [0.1, 0.15) is 0 Å². The van der Waals surface area contributed by atoms with Gasteiger partial charge in [0.15, 0.2) is 12.7 Å². The molecule has 4 rings (SSSR count). The Morgan fingerprint density at radius 2 is 1.27 bits per heavy atom. The molecule has 0 aliphatic rings. The van der Waals surface area contributed by atoms with Gasteiger partial charge in [0.05, 0.1) is 16.3 Å². The summed E-state index contributed by atoms with van der Waals surface area (Å²) in [6.07, 6.45) is 2.68. The topological polar surface area (TPSA) is 156 Å². The number of rotatable bonds is 3. The second kappa shape index (κ2) is 7.57. The number of benzene rings is 2. The van der Waals surface area contributed by atoms with Crippen molar-refractivity contribution in [2.75, 3.05) is 5.73 Å². The van der Waals surface area contributed by atoms with Gasteiger partial charge in [-0.1, -0.05) is 0 Å². The third-order valence-electron chi connectivity index (χ3n) is 3.11. The third kappa shape index (κ3) is 4.00. The lowest BCUT2D eigenvalue weighted by Crippen LogP contribution is -1.98. The average molecular weight is 352 g/mol. The van der Waals surface area contributed by atoms with Gasteiger partial charge in [0, 0.05) is 17.8 Å². The van der Waals surface area contributed by atoms with Crippen molar-refractivity contribution in [2.24, 2.45) is 0 Å². The van der Waals surface area contributed by atoms with Crippen LogP contribution in [0.5, 0.6) is 0 Å². The Hall–Kier alpha value is -4.22. The predicted molar refractivity (Wildman–Crippen MR) is 89.4 cm³/mol. The first-order chi connectivity index (χ1) is 12.6. The van der Waals surface area contributed by atoms with Gasteiger partial charge >= 0.3 is 0 Å². The van der Waals surface area contributed by atoms with Crippen LogP contribution < -0.4 is 5.73 Å². The zero-order valence-electron chi connectivity index (χ0n) is 13.2. The molecule has 0 spiro atoms. The van der Waals surface area contributed by atoms with E-state index in [1.165, 1.54) is 34.4 Å². The third-order valence-corrected chi connectivity index (χ3v) is 3.11. The van der Waals surface area contributed by atoms with Crippen LogP contribution in [0.15, 0.2) is 61.2 Å².